The SMILES string of the molecule is CC[C@H](C)CN(CC(=O)N1CCc2sccc2[C@H]1COc1ccc(C(C)C)cc1)C(=O)c1cccs1. The number of fused-ring (bicyclic) bond motifs is 1. The van der Waals surface area contributed by atoms with Gasteiger partial charge in [0.1, 0.15) is 18.9 Å². The summed E-state index contributed by atoms with van der Waals surface area (Å²) < 4.78 is 6.21. The average molecular weight is 525 g/mol. The maximum atomic E-state index is 13.7. The van der Waals surface area contributed by atoms with Crippen molar-refractivity contribution in [1.29, 1.82) is 0 Å². The fraction of sp³-hybridized carbons (Fsp3) is 0.448. The number of nitrogens with zero attached hydrogens (tertiary/aromatic N) is 2. The lowest BCUT2D eigenvalue weighted by Gasteiger charge is -2.37. The van der Waals surface area contributed by atoms with Crippen molar-refractivity contribution in [1.82, 2.24) is 9.80 Å². The number of carbonyl (C=O) groups is 2. The summed E-state index contributed by atoms with van der Waals surface area (Å²) >= 11 is 3.16. The van der Waals surface area contributed by atoms with Crippen molar-refractivity contribution >= 4 is 34.5 Å². The van der Waals surface area contributed by atoms with E-state index >= 15 is 0 Å². The summed E-state index contributed by atoms with van der Waals surface area (Å²) in [7, 11) is 0. The third-order valence-corrected chi connectivity index (χ3v) is 8.80. The van der Waals surface area contributed by atoms with Gasteiger partial charge in [0, 0.05) is 18.0 Å². The molecule has 0 spiro atoms. The smallest absolute Gasteiger partial charge is 0.264 e. The highest BCUT2D eigenvalue weighted by Gasteiger charge is 2.34. The van der Waals surface area contributed by atoms with Crippen LogP contribution in [0.25, 0.3) is 0 Å². The van der Waals surface area contributed by atoms with Gasteiger partial charge in [-0.3, -0.25) is 9.59 Å². The molecule has 0 fully saturated rings. The molecule has 36 heavy (non-hydrogen) atoms. The summed E-state index contributed by atoms with van der Waals surface area (Å²) in [6, 6.07) is 13.9. The Labute approximate surface area is 222 Å². The number of thiophene rings is 2. The number of amides is 2. The molecule has 7 heteroatoms. The molecule has 3 heterocycles. The highest BCUT2D eigenvalue weighted by atomic mass is 32.1. The molecule has 2 atom stereocenters. The van der Waals surface area contributed by atoms with Crippen molar-refractivity contribution in [3.8, 4) is 5.75 Å². The summed E-state index contributed by atoms with van der Waals surface area (Å²) in [5, 5.41) is 4.00. The number of hydrogen-bond acceptors (Lipinski definition) is 5. The Balaban J connectivity index is 1.51. The molecule has 2 amide bonds. The Morgan fingerprint density at radius 3 is 2.53 bits per heavy atom. The van der Waals surface area contributed by atoms with E-state index in [4.69, 9.17) is 4.74 Å². The van der Waals surface area contributed by atoms with Crippen LogP contribution in [0.4, 0.5) is 0 Å². The van der Waals surface area contributed by atoms with Crippen molar-refractivity contribution in [2.24, 2.45) is 5.92 Å². The molecule has 192 valence electrons. The topological polar surface area (TPSA) is 49.9 Å². The molecule has 1 aliphatic heterocycles. The second-order valence-electron chi connectivity index (χ2n) is 9.86. The van der Waals surface area contributed by atoms with E-state index in [0.29, 0.717) is 36.4 Å². The van der Waals surface area contributed by atoms with Crippen LogP contribution in [0.3, 0.4) is 0 Å². The van der Waals surface area contributed by atoms with Gasteiger partial charge in [0.15, 0.2) is 0 Å². The van der Waals surface area contributed by atoms with Gasteiger partial charge in [0.05, 0.1) is 10.9 Å². The zero-order valence-corrected chi connectivity index (χ0v) is 23.2. The fourth-order valence-corrected chi connectivity index (χ4v) is 6.15. The largest absolute Gasteiger partial charge is 0.491 e. The van der Waals surface area contributed by atoms with Crippen LogP contribution in [0.1, 0.15) is 71.8 Å². The maximum absolute atomic E-state index is 13.7. The van der Waals surface area contributed by atoms with Gasteiger partial charge in [-0.15, -0.1) is 22.7 Å². The summed E-state index contributed by atoms with van der Waals surface area (Å²) in [5.41, 5.74) is 2.44. The predicted octanol–water partition coefficient (Wildman–Crippen LogP) is 6.63. The van der Waals surface area contributed by atoms with Crippen molar-refractivity contribution in [2.45, 2.75) is 52.5 Å². The van der Waals surface area contributed by atoms with Crippen LogP contribution in [0.2, 0.25) is 0 Å². The van der Waals surface area contributed by atoms with Crippen LogP contribution in [-0.2, 0) is 11.2 Å². The number of hydrogen-bond donors (Lipinski definition) is 0. The van der Waals surface area contributed by atoms with E-state index in [0.717, 1.165) is 24.2 Å². The molecule has 1 aliphatic rings. The third-order valence-electron chi connectivity index (χ3n) is 6.94. The van der Waals surface area contributed by atoms with Gasteiger partial charge in [-0.1, -0.05) is 52.3 Å². The van der Waals surface area contributed by atoms with Crippen LogP contribution in [0, 0.1) is 5.92 Å². The molecule has 0 unspecified atom stereocenters. The fourth-order valence-electron chi connectivity index (χ4n) is 4.53. The lowest BCUT2D eigenvalue weighted by Crippen LogP contribution is -2.48. The number of rotatable bonds is 10. The second-order valence-corrected chi connectivity index (χ2v) is 11.8. The molecule has 5 nitrogen and oxygen atoms in total. The Kier molecular flexibility index (Phi) is 8.86. The Morgan fingerprint density at radius 2 is 1.86 bits per heavy atom. The third kappa shape index (κ3) is 6.19. The molecule has 4 rings (SSSR count). The minimum absolute atomic E-state index is 0.0242. The standard InChI is InChI=1S/C29H36N2O3S2/c1-5-21(4)17-30(29(33)27-7-6-15-35-27)18-28(32)31-14-12-26-24(13-16-36-26)25(31)19-34-23-10-8-22(9-11-23)20(2)3/h6-11,13,15-16,20-21,25H,5,12,14,17-19H2,1-4H3/t21-,25+/m0/s1. The lowest BCUT2D eigenvalue weighted by molar-refractivity contribution is -0.135. The zero-order chi connectivity index (χ0) is 25.7. The number of ether oxygens (including phenoxy) is 1. The normalized spacial score (nSPS) is 16.0. The number of benzene rings is 1. The molecule has 0 aliphatic carbocycles. The van der Waals surface area contributed by atoms with Crippen molar-refractivity contribution in [2.75, 3.05) is 26.2 Å². The van der Waals surface area contributed by atoms with Gasteiger partial charge in [0.2, 0.25) is 5.91 Å². The molecule has 1 aromatic carbocycles. The molecule has 0 saturated carbocycles. The van der Waals surface area contributed by atoms with Gasteiger partial charge in [0.25, 0.3) is 5.91 Å². The summed E-state index contributed by atoms with van der Waals surface area (Å²) in [4.78, 5) is 32.6. The molecule has 3 aromatic rings. The van der Waals surface area contributed by atoms with Gasteiger partial charge in [-0.2, -0.15) is 0 Å². The van der Waals surface area contributed by atoms with E-state index in [1.54, 1.807) is 16.2 Å². The first-order chi connectivity index (χ1) is 17.4. The van der Waals surface area contributed by atoms with E-state index < -0.39 is 0 Å². The van der Waals surface area contributed by atoms with E-state index in [1.807, 2.05) is 34.5 Å². The molecule has 0 N–H and O–H groups in total. The highest BCUT2D eigenvalue weighted by molar-refractivity contribution is 7.12. The molecule has 0 saturated heterocycles. The zero-order valence-electron chi connectivity index (χ0n) is 21.6. The Bertz CT molecular complexity index is 1140. The Morgan fingerprint density at radius 1 is 1.08 bits per heavy atom. The first kappa shape index (κ1) is 26.4. The first-order valence-electron chi connectivity index (χ1n) is 12.8. The molecule has 0 radical (unpaired) electrons. The number of carbonyl (C=O) groups excluding carboxylic acids is 2. The molecule has 2 aromatic heterocycles. The van der Waals surface area contributed by atoms with Gasteiger partial charge < -0.3 is 14.5 Å². The van der Waals surface area contributed by atoms with E-state index in [9.17, 15) is 9.59 Å². The summed E-state index contributed by atoms with van der Waals surface area (Å²) in [5.74, 6) is 1.50. The Hall–Kier alpha value is -2.64. The lowest BCUT2D eigenvalue weighted by atomic mass is 10.00. The highest BCUT2D eigenvalue weighted by Crippen LogP contribution is 2.34. The van der Waals surface area contributed by atoms with Crippen LogP contribution in [-0.4, -0.2) is 47.9 Å². The van der Waals surface area contributed by atoms with E-state index in [1.165, 1.54) is 21.8 Å². The van der Waals surface area contributed by atoms with Crippen molar-refractivity contribution < 1.29 is 14.3 Å². The van der Waals surface area contributed by atoms with Crippen LogP contribution < -0.4 is 4.74 Å². The van der Waals surface area contributed by atoms with Gasteiger partial charge in [-0.25, -0.2) is 0 Å². The average Bonchev–Trinajstić information content (AvgIpc) is 3.59. The predicted molar refractivity (Wildman–Crippen MR) is 148 cm³/mol. The van der Waals surface area contributed by atoms with E-state index in [-0.39, 0.29) is 24.4 Å². The van der Waals surface area contributed by atoms with Crippen LogP contribution >= 0.6 is 22.7 Å². The summed E-state index contributed by atoms with van der Waals surface area (Å²) in [6.45, 7) is 10.3. The van der Waals surface area contributed by atoms with Gasteiger partial charge in [-0.05, 0) is 64.4 Å². The minimum atomic E-state index is -0.167. The van der Waals surface area contributed by atoms with Crippen LogP contribution in [0.5, 0.6) is 5.75 Å². The molecular formula is C29H36N2O3S2. The van der Waals surface area contributed by atoms with Gasteiger partial charge >= 0.3 is 0 Å². The molecule has 0 bridgehead atoms. The molecular weight excluding hydrogens is 488 g/mol. The second kappa shape index (κ2) is 12.1. The van der Waals surface area contributed by atoms with E-state index in [2.05, 4.69) is 51.3 Å². The van der Waals surface area contributed by atoms with Crippen molar-refractivity contribution in [3.05, 3.63) is 74.1 Å². The summed E-state index contributed by atoms with van der Waals surface area (Å²) in [6.07, 6.45) is 1.79. The maximum Gasteiger partial charge on any atom is 0.264 e. The van der Waals surface area contributed by atoms with Crippen LogP contribution in [0.15, 0.2) is 53.2 Å². The minimum Gasteiger partial charge on any atom is -0.491 e. The first-order valence-corrected chi connectivity index (χ1v) is 14.5. The van der Waals surface area contributed by atoms with Crippen molar-refractivity contribution in [3.63, 3.8) is 0 Å². The quantitative estimate of drug-likeness (QED) is 0.299. The monoisotopic (exact) mass is 524 g/mol.